The molecule has 8 heteroatoms. The molecule has 0 N–H and O–H groups in total. The van der Waals surface area contributed by atoms with Gasteiger partial charge in [-0.1, -0.05) is 16.7 Å². The Kier molecular flexibility index (Phi) is 3.06. The fourth-order valence-corrected chi connectivity index (χ4v) is 1.16. The van der Waals surface area contributed by atoms with Gasteiger partial charge in [0.1, 0.15) is 5.82 Å². The zero-order valence-corrected chi connectivity index (χ0v) is 7.64. The highest BCUT2D eigenvalue weighted by atomic mass is 35.5. The van der Waals surface area contributed by atoms with Crippen LogP contribution in [0.25, 0.3) is 10.4 Å². The van der Waals surface area contributed by atoms with E-state index in [1.54, 1.807) is 0 Å². The summed E-state index contributed by atoms with van der Waals surface area (Å²) in [5.74, 6) is -1.17. The first-order valence-corrected chi connectivity index (χ1v) is 3.85. The topological polar surface area (TPSA) is 48.8 Å². The molecule has 0 aromatic heterocycles. The van der Waals surface area contributed by atoms with Crippen molar-refractivity contribution in [2.75, 3.05) is 0 Å². The maximum absolute atomic E-state index is 12.7. The molecule has 15 heavy (non-hydrogen) atoms. The van der Waals surface area contributed by atoms with Crippen LogP contribution < -0.4 is 0 Å². The third-order valence-corrected chi connectivity index (χ3v) is 1.87. The largest absolute Gasteiger partial charge is 0.417 e. The van der Waals surface area contributed by atoms with E-state index in [1.165, 1.54) is 0 Å². The van der Waals surface area contributed by atoms with Crippen molar-refractivity contribution in [3.8, 4) is 0 Å². The highest BCUT2D eigenvalue weighted by Gasteiger charge is 2.34. The Bertz CT molecular complexity index is 437. The summed E-state index contributed by atoms with van der Waals surface area (Å²) in [6, 6.07) is 0.857. The van der Waals surface area contributed by atoms with Crippen molar-refractivity contribution in [2.24, 2.45) is 5.11 Å². The predicted molar refractivity (Wildman–Crippen MR) is 45.2 cm³/mol. The van der Waals surface area contributed by atoms with Crippen molar-refractivity contribution in [1.29, 1.82) is 0 Å². The second-order valence-electron chi connectivity index (χ2n) is 2.47. The maximum Gasteiger partial charge on any atom is 0.417 e. The quantitative estimate of drug-likeness (QED) is 0.301. The summed E-state index contributed by atoms with van der Waals surface area (Å²) in [5, 5.41) is 2.03. The molecular weight excluding hydrogens is 238 g/mol. The second-order valence-corrected chi connectivity index (χ2v) is 2.85. The van der Waals surface area contributed by atoms with E-state index in [9.17, 15) is 17.6 Å². The molecule has 0 heterocycles. The fourth-order valence-electron chi connectivity index (χ4n) is 0.902. The van der Waals surface area contributed by atoms with Gasteiger partial charge in [-0.05, 0) is 17.7 Å². The van der Waals surface area contributed by atoms with Gasteiger partial charge in [-0.25, -0.2) is 4.39 Å². The Labute approximate surface area is 85.9 Å². The molecule has 0 amide bonds. The molecule has 0 bridgehead atoms. The normalized spacial score (nSPS) is 11.0. The van der Waals surface area contributed by atoms with Crippen LogP contribution in [-0.2, 0) is 6.18 Å². The second kappa shape index (κ2) is 3.96. The SMILES string of the molecule is [N-]=[N+]=Nc1cc(F)cc(C(F)(F)F)c1Cl. The molecule has 0 saturated carbocycles. The number of alkyl halides is 3. The molecule has 1 aromatic rings. The fraction of sp³-hybridized carbons (Fsp3) is 0.143. The summed E-state index contributed by atoms with van der Waals surface area (Å²) in [4.78, 5) is 2.24. The lowest BCUT2D eigenvalue weighted by atomic mass is 10.2. The van der Waals surface area contributed by atoms with Gasteiger partial charge in [0.15, 0.2) is 0 Å². The molecule has 1 rings (SSSR count). The molecule has 0 aliphatic rings. The number of hydrogen-bond donors (Lipinski definition) is 0. The average molecular weight is 240 g/mol. The van der Waals surface area contributed by atoms with Gasteiger partial charge < -0.3 is 0 Å². The van der Waals surface area contributed by atoms with E-state index in [-0.39, 0.29) is 6.07 Å². The first kappa shape index (κ1) is 11.6. The van der Waals surface area contributed by atoms with Crippen LogP contribution in [0.3, 0.4) is 0 Å². The molecule has 0 radical (unpaired) electrons. The third-order valence-electron chi connectivity index (χ3n) is 1.48. The van der Waals surface area contributed by atoms with E-state index < -0.39 is 28.3 Å². The summed E-state index contributed by atoms with van der Waals surface area (Å²) in [6.45, 7) is 0. The molecular formula is C7H2ClF4N3. The Hall–Kier alpha value is -1.46. The lowest BCUT2D eigenvalue weighted by molar-refractivity contribution is -0.137. The van der Waals surface area contributed by atoms with Crippen LogP contribution in [0.5, 0.6) is 0 Å². The van der Waals surface area contributed by atoms with Gasteiger partial charge in [0.25, 0.3) is 0 Å². The maximum atomic E-state index is 12.7. The molecule has 0 spiro atoms. The lowest BCUT2D eigenvalue weighted by Crippen LogP contribution is -2.06. The summed E-state index contributed by atoms with van der Waals surface area (Å²) < 4.78 is 49.5. The van der Waals surface area contributed by atoms with Crippen LogP contribution in [0.4, 0.5) is 23.2 Å². The van der Waals surface area contributed by atoms with Crippen molar-refractivity contribution in [1.82, 2.24) is 0 Å². The molecule has 1 aromatic carbocycles. The summed E-state index contributed by atoms with van der Waals surface area (Å²) in [7, 11) is 0. The highest BCUT2D eigenvalue weighted by molar-refractivity contribution is 6.33. The lowest BCUT2D eigenvalue weighted by Gasteiger charge is -2.10. The standard InChI is InChI=1S/C7H2ClF4N3/c8-6-4(7(10,11)12)1-3(9)2-5(6)14-15-13/h1-2H. The van der Waals surface area contributed by atoms with Crippen molar-refractivity contribution in [3.05, 3.63) is 39.0 Å². The highest BCUT2D eigenvalue weighted by Crippen LogP contribution is 2.40. The van der Waals surface area contributed by atoms with Crippen LogP contribution in [0.15, 0.2) is 17.2 Å². The molecule has 3 nitrogen and oxygen atoms in total. The number of hydrogen-bond acceptors (Lipinski definition) is 1. The van der Waals surface area contributed by atoms with Gasteiger partial charge in [0.05, 0.1) is 16.3 Å². The summed E-state index contributed by atoms with van der Waals surface area (Å²) in [6.07, 6.45) is -4.79. The molecule has 0 atom stereocenters. The minimum absolute atomic E-state index is 0.235. The van der Waals surface area contributed by atoms with Crippen LogP contribution in [0.2, 0.25) is 5.02 Å². The van der Waals surface area contributed by atoms with Gasteiger partial charge in [-0.2, -0.15) is 13.2 Å². The molecule has 0 unspecified atom stereocenters. The van der Waals surface area contributed by atoms with Crippen molar-refractivity contribution in [3.63, 3.8) is 0 Å². The van der Waals surface area contributed by atoms with E-state index in [0.717, 1.165) is 0 Å². The van der Waals surface area contributed by atoms with Gasteiger partial charge in [0, 0.05) is 4.91 Å². The van der Waals surface area contributed by atoms with E-state index in [2.05, 4.69) is 10.0 Å². The van der Waals surface area contributed by atoms with E-state index >= 15 is 0 Å². The van der Waals surface area contributed by atoms with E-state index in [1.807, 2.05) is 0 Å². The molecule has 0 saturated heterocycles. The monoisotopic (exact) mass is 239 g/mol. The number of azide groups is 1. The van der Waals surface area contributed by atoms with Crippen molar-refractivity contribution in [2.45, 2.75) is 6.18 Å². The summed E-state index contributed by atoms with van der Waals surface area (Å²) in [5.41, 5.74) is 6.06. The number of nitrogens with zero attached hydrogens (tertiary/aromatic N) is 3. The molecule has 0 aliphatic heterocycles. The summed E-state index contributed by atoms with van der Waals surface area (Å²) >= 11 is 5.29. The zero-order chi connectivity index (χ0) is 11.6. The molecule has 0 fully saturated rings. The van der Waals surface area contributed by atoms with Crippen molar-refractivity contribution < 1.29 is 17.6 Å². The predicted octanol–water partition coefficient (Wildman–Crippen LogP) is 4.44. The average Bonchev–Trinajstić information content (AvgIpc) is 2.09. The first-order chi connectivity index (χ1) is 6.86. The van der Waals surface area contributed by atoms with Gasteiger partial charge in [0.2, 0.25) is 0 Å². The third kappa shape index (κ3) is 2.51. The van der Waals surface area contributed by atoms with E-state index in [4.69, 9.17) is 17.1 Å². The first-order valence-electron chi connectivity index (χ1n) is 3.47. The number of benzene rings is 1. The Morgan fingerprint density at radius 1 is 1.33 bits per heavy atom. The smallest absolute Gasteiger partial charge is 0.207 e. The van der Waals surface area contributed by atoms with E-state index in [0.29, 0.717) is 6.07 Å². The minimum atomic E-state index is -4.79. The van der Waals surface area contributed by atoms with Crippen LogP contribution in [0, 0.1) is 5.82 Å². The van der Waals surface area contributed by atoms with Crippen LogP contribution in [-0.4, -0.2) is 0 Å². The van der Waals surface area contributed by atoms with Crippen LogP contribution in [0.1, 0.15) is 5.56 Å². The van der Waals surface area contributed by atoms with Crippen molar-refractivity contribution >= 4 is 17.3 Å². The number of rotatable bonds is 1. The van der Waals surface area contributed by atoms with Gasteiger partial charge in [-0.3, -0.25) is 0 Å². The molecule has 80 valence electrons. The minimum Gasteiger partial charge on any atom is -0.207 e. The number of halogens is 5. The Balaban J connectivity index is 3.48. The van der Waals surface area contributed by atoms with Crippen LogP contribution >= 0.6 is 11.6 Å². The Morgan fingerprint density at radius 2 is 1.93 bits per heavy atom. The van der Waals surface area contributed by atoms with Gasteiger partial charge in [-0.15, -0.1) is 0 Å². The Morgan fingerprint density at radius 3 is 2.40 bits per heavy atom. The molecule has 0 aliphatic carbocycles. The van der Waals surface area contributed by atoms with Gasteiger partial charge >= 0.3 is 6.18 Å². The zero-order valence-electron chi connectivity index (χ0n) is 6.89.